The summed E-state index contributed by atoms with van der Waals surface area (Å²) < 4.78 is 5.22. The summed E-state index contributed by atoms with van der Waals surface area (Å²) in [5.74, 6) is -1.27. The average molecular weight is 470 g/mol. The van der Waals surface area contributed by atoms with Gasteiger partial charge in [-0.1, -0.05) is 12.1 Å². The molecule has 0 spiro atoms. The summed E-state index contributed by atoms with van der Waals surface area (Å²) in [6.45, 7) is 9.85. The number of alkyl carbamates (subject to hydrolysis) is 1. The molecule has 0 aliphatic rings. The maximum Gasteiger partial charge on any atom is 0.408 e. The molecule has 3 amide bonds. The zero-order chi connectivity index (χ0) is 24.7. The monoisotopic (exact) mass is 469 g/mol. The molecule has 0 saturated carbocycles. The van der Waals surface area contributed by atoms with Crippen molar-refractivity contribution in [3.8, 4) is 5.75 Å². The largest absolute Gasteiger partial charge is 0.508 e. The number of aliphatic hydroxyl groups is 1. The van der Waals surface area contributed by atoms with Crippen LogP contribution in [0.5, 0.6) is 5.75 Å². The van der Waals surface area contributed by atoms with E-state index in [1.165, 1.54) is 12.1 Å². The summed E-state index contributed by atoms with van der Waals surface area (Å²) in [6.07, 6.45) is -0.804. The van der Waals surface area contributed by atoms with E-state index in [0.29, 0.717) is 5.56 Å². The first-order valence-electron chi connectivity index (χ1n) is 10.3. The second-order valence-corrected chi connectivity index (χ2v) is 9.74. The standard InChI is InChI=1S/C22H35N3O6S/c1-21(2,3)24-18(28)17(14-8-7-9-15(27)12-14)25(10-11-26)19(29)16(13-32)23-20(30)31-22(4,5)6/h7-9,12,16-17,26-27,32H,10-11,13H2,1-6H3,(H,23,30)(H,24,28). The second kappa shape index (κ2) is 11.4. The van der Waals surface area contributed by atoms with E-state index in [0.717, 1.165) is 4.90 Å². The highest BCUT2D eigenvalue weighted by Gasteiger charge is 2.36. The molecule has 0 bridgehead atoms. The summed E-state index contributed by atoms with van der Waals surface area (Å²) in [5, 5.41) is 24.9. The van der Waals surface area contributed by atoms with E-state index in [2.05, 4.69) is 23.3 Å². The smallest absolute Gasteiger partial charge is 0.408 e. The fourth-order valence-electron chi connectivity index (χ4n) is 2.92. The van der Waals surface area contributed by atoms with Crippen LogP contribution < -0.4 is 10.6 Å². The molecular formula is C22H35N3O6S. The van der Waals surface area contributed by atoms with Crippen molar-refractivity contribution in [2.75, 3.05) is 18.9 Å². The normalized spacial score (nSPS) is 13.6. The van der Waals surface area contributed by atoms with Crippen LogP contribution in [0.25, 0.3) is 0 Å². The molecule has 0 radical (unpaired) electrons. The summed E-state index contributed by atoms with van der Waals surface area (Å²) in [6, 6.07) is 3.70. The Morgan fingerprint density at radius 3 is 2.25 bits per heavy atom. The zero-order valence-corrected chi connectivity index (χ0v) is 20.4. The van der Waals surface area contributed by atoms with Crippen LogP contribution in [-0.4, -0.2) is 69.1 Å². The molecule has 1 aromatic rings. The van der Waals surface area contributed by atoms with Crippen molar-refractivity contribution in [1.82, 2.24) is 15.5 Å². The number of phenolic OH excluding ortho intramolecular Hbond substituents is 1. The second-order valence-electron chi connectivity index (χ2n) is 9.37. The Kier molecular flexibility index (Phi) is 9.84. The van der Waals surface area contributed by atoms with Crippen molar-refractivity contribution in [1.29, 1.82) is 0 Å². The molecule has 2 unspecified atom stereocenters. The highest BCUT2D eigenvalue weighted by atomic mass is 32.1. The molecule has 0 aliphatic carbocycles. The SMILES string of the molecule is CC(C)(C)NC(=O)C(c1cccc(O)c1)N(CCO)C(=O)C(CS)NC(=O)OC(C)(C)C. The number of benzene rings is 1. The Balaban J connectivity index is 3.34. The molecule has 0 saturated heterocycles. The maximum absolute atomic E-state index is 13.4. The van der Waals surface area contributed by atoms with Crippen molar-refractivity contribution in [2.45, 2.75) is 64.8 Å². The van der Waals surface area contributed by atoms with E-state index in [4.69, 9.17) is 4.74 Å². The Morgan fingerprint density at radius 2 is 1.78 bits per heavy atom. The predicted molar refractivity (Wildman–Crippen MR) is 125 cm³/mol. The molecular weight excluding hydrogens is 434 g/mol. The number of rotatable bonds is 8. The zero-order valence-electron chi connectivity index (χ0n) is 19.5. The van der Waals surface area contributed by atoms with Gasteiger partial charge in [0, 0.05) is 17.8 Å². The lowest BCUT2D eigenvalue weighted by molar-refractivity contribution is -0.143. The summed E-state index contributed by atoms with van der Waals surface area (Å²) in [4.78, 5) is 40.0. The molecule has 1 aromatic carbocycles. The first-order valence-corrected chi connectivity index (χ1v) is 10.9. The third-order valence-corrected chi connectivity index (χ3v) is 4.40. The van der Waals surface area contributed by atoms with Crippen LogP contribution in [0.3, 0.4) is 0 Å². The number of aromatic hydroxyl groups is 1. The van der Waals surface area contributed by atoms with E-state index in [1.54, 1.807) is 53.7 Å². The van der Waals surface area contributed by atoms with Crippen LogP contribution in [0.1, 0.15) is 53.1 Å². The van der Waals surface area contributed by atoms with E-state index in [1.807, 2.05) is 0 Å². The van der Waals surface area contributed by atoms with Gasteiger partial charge >= 0.3 is 6.09 Å². The van der Waals surface area contributed by atoms with Crippen molar-refractivity contribution < 1.29 is 29.3 Å². The molecule has 0 aliphatic heterocycles. The topological polar surface area (TPSA) is 128 Å². The number of hydrogen-bond acceptors (Lipinski definition) is 7. The fourth-order valence-corrected chi connectivity index (χ4v) is 3.16. The van der Waals surface area contributed by atoms with Gasteiger partial charge in [-0.2, -0.15) is 12.6 Å². The third kappa shape index (κ3) is 8.96. The van der Waals surface area contributed by atoms with Crippen LogP contribution in [-0.2, 0) is 14.3 Å². The van der Waals surface area contributed by atoms with Crippen molar-refractivity contribution in [3.63, 3.8) is 0 Å². The fraction of sp³-hybridized carbons (Fsp3) is 0.591. The Hall–Kier alpha value is -2.46. The highest BCUT2D eigenvalue weighted by Crippen LogP contribution is 2.26. The average Bonchev–Trinajstić information content (AvgIpc) is 2.62. The van der Waals surface area contributed by atoms with Gasteiger partial charge in [-0.3, -0.25) is 9.59 Å². The third-order valence-electron chi connectivity index (χ3n) is 4.04. The van der Waals surface area contributed by atoms with Gasteiger partial charge in [-0.25, -0.2) is 4.79 Å². The van der Waals surface area contributed by atoms with Gasteiger partial charge in [0.2, 0.25) is 11.8 Å². The molecule has 0 heterocycles. The Labute approximate surface area is 194 Å². The number of thiol groups is 1. The molecule has 2 atom stereocenters. The number of aliphatic hydroxyl groups excluding tert-OH is 1. The molecule has 180 valence electrons. The summed E-state index contributed by atoms with van der Waals surface area (Å²) >= 11 is 4.18. The Morgan fingerprint density at radius 1 is 1.16 bits per heavy atom. The van der Waals surface area contributed by atoms with Crippen molar-refractivity contribution in [2.24, 2.45) is 0 Å². The van der Waals surface area contributed by atoms with E-state index in [9.17, 15) is 24.6 Å². The van der Waals surface area contributed by atoms with Gasteiger partial charge in [0.25, 0.3) is 0 Å². The number of ether oxygens (including phenoxy) is 1. The molecule has 32 heavy (non-hydrogen) atoms. The quantitative estimate of drug-likeness (QED) is 0.371. The van der Waals surface area contributed by atoms with Crippen LogP contribution in [0.4, 0.5) is 4.79 Å². The van der Waals surface area contributed by atoms with Crippen LogP contribution in [0, 0.1) is 0 Å². The highest BCUT2D eigenvalue weighted by molar-refractivity contribution is 7.80. The number of carbonyl (C=O) groups is 3. The first kappa shape index (κ1) is 27.6. The van der Waals surface area contributed by atoms with Crippen LogP contribution in [0.15, 0.2) is 24.3 Å². The molecule has 1 rings (SSSR count). The van der Waals surface area contributed by atoms with Crippen LogP contribution >= 0.6 is 12.6 Å². The number of phenols is 1. The lowest BCUT2D eigenvalue weighted by Crippen LogP contribution is -2.55. The molecule has 0 aromatic heterocycles. The van der Waals surface area contributed by atoms with Gasteiger partial charge < -0.3 is 30.5 Å². The van der Waals surface area contributed by atoms with E-state index >= 15 is 0 Å². The van der Waals surface area contributed by atoms with Crippen molar-refractivity contribution in [3.05, 3.63) is 29.8 Å². The number of amides is 3. The predicted octanol–water partition coefficient (Wildman–Crippen LogP) is 1.99. The first-order chi connectivity index (χ1) is 14.7. The van der Waals surface area contributed by atoms with E-state index in [-0.39, 0.29) is 18.0 Å². The molecule has 9 nitrogen and oxygen atoms in total. The lowest BCUT2D eigenvalue weighted by Gasteiger charge is -2.35. The molecule has 0 fully saturated rings. The van der Waals surface area contributed by atoms with E-state index < -0.39 is 47.7 Å². The number of nitrogens with one attached hydrogen (secondary N) is 2. The number of hydrogen-bond donors (Lipinski definition) is 5. The summed E-state index contributed by atoms with van der Waals surface area (Å²) in [7, 11) is 0. The molecule has 10 heteroatoms. The lowest BCUT2D eigenvalue weighted by atomic mass is 10.0. The van der Waals surface area contributed by atoms with Gasteiger partial charge in [0.1, 0.15) is 23.4 Å². The summed E-state index contributed by atoms with van der Waals surface area (Å²) in [5.41, 5.74) is -1.02. The molecule has 4 N–H and O–H groups in total. The minimum absolute atomic E-state index is 0.0619. The maximum atomic E-state index is 13.4. The Bertz CT molecular complexity index is 804. The van der Waals surface area contributed by atoms with Gasteiger partial charge in [-0.05, 0) is 59.2 Å². The number of carbonyl (C=O) groups excluding carboxylic acids is 3. The van der Waals surface area contributed by atoms with Crippen molar-refractivity contribution >= 4 is 30.5 Å². The minimum atomic E-state index is -1.16. The van der Waals surface area contributed by atoms with Crippen LogP contribution in [0.2, 0.25) is 0 Å². The van der Waals surface area contributed by atoms with Gasteiger partial charge in [0.15, 0.2) is 0 Å². The minimum Gasteiger partial charge on any atom is -0.508 e. The van der Waals surface area contributed by atoms with Gasteiger partial charge in [-0.15, -0.1) is 0 Å². The van der Waals surface area contributed by atoms with Gasteiger partial charge in [0.05, 0.1) is 6.61 Å². The number of nitrogens with zero attached hydrogens (tertiary/aromatic N) is 1.